The van der Waals surface area contributed by atoms with Crippen molar-refractivity contribution in [3.05, 3.63) is 36.5 Å². The quantitative estimate of drug-likeness (QED) is 0.783. The molecule has 6 nitrogen and oxygen atoms in total. The molecule has 3 heterocycles. The summed E-state index contributed by atoms with van der Waals surface area (Å²) in [5, 5.41) is 13.0. The van der Waals surface area contributed by atoms with Gasteiger partial charge in [-0.15, -0.1) is 0 Å². The van der Waals surface area contributed by atoms with Crippen molar-refractivity contribution < 1.29 is 0 Å². The Morgan fingerprint density at radius 1 is 1.33 bits per heavy atom. The average Bonchev–Trinajstić information content (AvgIpc) is 3.08. The molecular formula is C12H12N6. The molecule has 6 heteroatoms. The summed E-state index contributed by atoms with van der Waals surface area (Å²) >= 11 is 0. The molecule has 2 aromatic heterocycles. The van der Waals surface area contributed by atoms with Crippen LogP contribution in [0, 0.1) is 11.3 Å². The largest absolute Gasteiger partial charge is 0.353 e. The Balaban J connectivity index is 1.74. The summed E-state index contributed by atoms with van der Waals surface area (Å²) in [6.07, 6.45) is 9.54. The van der Waals surface area contributed by atoms with Crippen molar-refractivity contribution in [1.29, 1.82) is 5.26 Å². The zero-order valence-corrected chi connectivity index (χ0v) is 9.77. The first-order chi connectivity index (χ1) is 8.86. The fourth-order valence-electron chi connectivity index (χ4n) is 2.22. The van der Waals surface area contributed by atoms with Gasteiger partial charge in [0.1, 0.15) is 11.9 Å². The highest BCUT2D eigenvalue weighted by molar-refractivity contribution is 5.36. The molecule has 1 aliphatic heterocycles. The molecule has 1 unspecified atom stereocenters. The maximum absolute atomic E-state index is 8.79. The lowest BCUT2D eigenvalue weighted by molar-refractivity contribution is 0.494. The highest BCUT2D eigenvalue weighted by Crippen LogP contribution is 2.24. The summed E-state index contributed by atoms with van der Waals surface area (Å²) < 4.78 is 1.87. The van der Waals surface area contributed by atoms with E-state index in [-0.39, 0.29) is 0 Å². The molecule has 90 valence electrons. The molecule has 1 atom stereocenters. The number of anilines is 1. The first-order valence-corrected chi connectivity index (χ1v) is 5.82. The Labute approximate surface area is 105 Å². The maximum Gasteiger partial charge on any atom is 0.147 e. The molecule has 18 heavy (non-hydrogen) atoms. The molecule has 0 bridgehead atoms. The van der Waals surface area contributed by atoms with E-state index >= 15 is 0 Å². The second-order valence-corrected chi connectivity index (χ2v) is 4.27. The van der Waals surface area contributed by atoms with Crippen LogP contribution in [0.1, 0.15) is 18.0 Å². The van der Waals surface area contributed by atoms with Gasteiger partial charge in [0, 0.05) is 31.7 Å². The Bertz CT molecular complexity index is 570. The average molecular weight is 240 g/mol. The Hall–Kier alpha value is -2.42. The van der Waals surface area contributed by atoms with Crippen molar-refractivity contribution in [1.82, 2.24) is 19.7 Å². The molecule has 0 radical (unpaired) electrons. The van der Waals surface area contributed by atoms with Gasteiger partial charge in [-0.25, -0.2) is 4.98 Å². The normalized spacial score (nSPS) is 18.8. The number of nitriles is 1. The van der Waals surface area contributed by atoms with Gasteiger partial charge in [0.2, 0.25) is 0 Å². The van der Waals surface area contributed by atoms with Crippen molar-refractivity contribution >= 4 is 5.82 Å². The number of aromatic nitrogens is 4. The maximum atomic E-state index is 8.79. The Morgan fingerprint density at radius 2 is 2.28 bits per heavy atom. The van der Waals surface area contributed by atoms with Crippen LogP contribution in [0.3, 0.4) is 0 Å². The third-order valence-electron chi connectivity index (χ3n) is 3.14. The SMILES string of the molecule is N#Cc1cnn(C2CCN(c3cnccn3)C2)c1. The van der Waals surface area contributed by atoms with Gasteiger partial charge in [0.25, 0.3) is 0 Å². The summed E-state index contributed by atoms with van der Waals surface area (Å²) in [5.41, 5.74) is 0.605. The van der Waals surface area contributed by atoms with Crippen molar-refractivity contribution in [2.24, 2.45) is 0 Å². The Kier molecular flexibility index (Phi) is 2.65. The minimum Gasteiger partial charge on any atom is -0.353 e. The molecule has 2 aromatic rings. The second kappa shape index (κ2) is 4.45. The molecule has 1 aliphatic rings. The molecular weight excluding hydrogens is 228 g/mol. The highest BCUT2D eigenvalue weighted by Gasteiger charge is 2.25. The zero-order chi connectivity index (χ0) is 12.4. The van der Waals surface area contributed by atoms with Crippen LogP contribution >= 0.6 is 0 Å². The number of rotatable bonds is 2. The molecule has 0 amide bonds. The van der Waals surface area contributed by atoms with Gasteiger partial charge >= 0.3 is 0 Å². The van der Waals surface area contributed by atoms with Crippen LogP contribution in [0.4, 0.5) is 5.82 Å². The lowest BCUT2D eigenvalue weighted by Gasteiger charge is -2.16. The number of nitrogens with zero attached hydrogens (tertiary/aromatic N) is 6. The van der Waals surface area contributed by atoms with E-state index in [0.29, 0.717) is 11.6 Å². The molecule has 1 saturated heterocycles. The number of hydrogen-bond acceptors (Lipinski definition) is 5. The lowest BCUT2D eigenvalue weighted by atomic mass is 10.3. The standard InChI is InChI=1S/C12H12N6/c13-5-10-6-16-18(8-10)11-1-4-17(9-11)12-7-14-2-3-15-12/h2-3,6-8,11H,1,4,9H2. The molecule has 0 saturated carbocycles. The van der Waals surface area contributed by atoms with Crippen molar-refractivity contribution in [3.63, 3.8) is 0 Å². The molecule has 0 aliphatic carbocycles. The number of hydrogen-bond donors (Lipinski definition) is 0. The van der Waals surface area contributed by atoms with Crippen LogP contribution < -0.4 is 4.90 Å². The zero-order valence-electron chi connectivity index (χ0n) is 9.77. The predicted octanol–water partition coefficient (Wildman–Crippen LogP) is 0.996. The highest BCUT2D eigenvalue weighted by atomic mass is 15.3. The molecule has 1 fully saturated rings. The predicted molar refractivity (Wildman–Crippen MR) is 64.8 cm³/mol. The van der Waals surface area contributed by atoms with E-state index in [2.05, 4.69) is 26.0 Å². The van der Waals surface area contributed by atoms with Crippen LogP contribution in [0.5, 0.6) is 0 Å². The minimum atomic E-state index is 0.300. The minimum absolute atomic E-state index is 0.300. The van der Waals surface area contributed by atoms with Crippen LogP contribution in [0.15, 0.2) is 31.0 Å². The van der Waals surface area contributed by atoms with Gasteiger partial charge in [-0.3, -0.25) is 9.67 Å². The van der Waals surface area contributed by atoms with Gasteiger partial charge in [-0.05, 0) is 6.42 Å². The van der Waals surface area contributed by atoms with E-state index in [1.54, 1.807) is 31.0 Å². The van der Waals surface area contributed by atoms with Crippen molar-refractivity contribution in [2.75, 3.05) is 18.0 Å². The summed E-state index contributed by atoms with van der Waals surface area (Å²) in [7, 11) is 0. The molecule has 0 spiro atoms. The summed E-state index contributed by atoms with van der Waals surface area (Å²) in [4.78, 5) is 10.6. The van der Waals surface area contributed by atoms with Crippen molar-refractivity contribution in [2.45, 2.75) is 12.5 Å². The Morgan fingerprint density at radius 3 is 3.00 bits per heavy atom. The fourth-order valence-corrected chi connectivity index (χ4v) is 2.22. The van der Waals surface area contributed by atoms with Crippen LogP contribution in [0.25, 0.3) is 0 Å². The fraction of sp³-hybridized carbons (Fsp3) is 0.333. The molecule has 3 rings (SSSR count). The molecule has 0 aromatic carbocycles. The third-order valence-corrected chi connectivity index (χ3v) is 3.14. The van der Waals surface area contributed by atoms with E-state index in [9.17, 15) is 0 Å². The van der Waals surface area contributed by atoms with Crippen LogP contribution in [-0.4, -0.2) is 32.8 Å². The van der Waals surface area contributed by atoms with E-state index in [0.717, 1.165) is 25.3 Å². The van der Waals surface area contributed by atoms with Gasteiger partial charge in [-0.2, -0.15) is 10.4 Å². The van der Waals surface area contributed by atoms with E-state index in [1.165, 1.54) is 0 Å². The van der Waals surface area contributed by atoms with Crippen LogP contribution in [0.2, 0.25) is 0 Å². The monoisotopic (exact) mass is 240 g/mol. The van der Waals surface area contributed by atoms with E-state index in [1.807, 2.05) is 4.68 Å². The third kappa shape index (κ3) is 1.91. The van der Waals surface area contributed by atoms with E-state index < -0.39 is 0 Å². The molecule has 0 N–H and O–H groups in total. The van der Waals surface area contributed by atoms with Gasteiger partial charge in [-0.1, -0.05) is 0 Å². The van der Waals surface area contributed by atoms with Crippen molar-refractivity contribution in [3.8, 4) is 6.07 Å². The topological polar surface area (TPSA) is 70.6 Å². The summed E-state index contributed by atoms with van der Waals surface area (Å²) in [6, 6.07) is 2.39. The van der Waals surface area contributed by atoms with Gasteiger partial charge < -0.3 is 4.90 Å². The lowest BCUT2D eigenvalue weighted by Crippen LogP contribution is -2.22. The second-order valence-electron chi connectivity index (χ2n) is 4.27. The first-order valence-electron chi connectivity index (χ1n) is 5.82. The summed E-state index contributed by atoms with van der Waals surface area (Å²) in [5.74, 6) is 0.896. The van der Waals surface area contributed by atoms with E-state index in [4.69, 9.17) is 5.26 Å². The summed E-state index contributed by atoms with van der Waals surface area (Å²) in [6.45, 7) is 1.79. The smallest absolute Gasteiger partial charge is 0.147 e. The first kappa shape index (κ1) is 10.7. The van der Waals surface area contributed by atoms with Gasteiger partial charge in [0.15, 0.2) is 0 Å². The van der Waals surface area contributed by atoms with Gasteiger partial charge in [0.05, 0.1) is 24.0 Å². The van der Waals surface area contributed by atoms with Crippen LogP contribution in [-0.2, 0) is 0 Å².